The molecule has 0 unspecified atom stereocenters. The molecule has 0 radical (unpaired) electrons. The van der Waals surface area contributed by atoms with Gasteiger partial charge in [0.15, 0.2) is 5.65 Å². The van der Waals surface area contributed by atoms with Gasteiger partial charge >= 0.3 is 0 Å². The van der Waals surface area contributed by atoms with E-state index in [0.29, 0.717) is 24.7 Å². The first kappa shape index (κ1) is 18.2. The summed E-state index contributed by atoms with van der Waals surface area (Å²) in [6.07, 6.45) is 4.24. The number of aromatic nitrogens is 5. The monoisotopic (exact) mass is 403 g/mol. The molecule has 0 atom stereocenters. The molecule has 1 aliphatic heterocycles. The third-order valence-corrected chi connectivity index (χ3v) is 5.30. The van der Waals surface area contributed by atoms with Crippen LogP contribution in [-0.4, -0.2) is 36.7 Å². The summed E-state index contributed by atoms with van der Waals surface area (Å²) >= 11 is 0. The van der Waals surface area contributed by atoms with E-state index in [1.54, 1.807) is 21.5 Å². The second kappa shape index (κ2) is 6.87. The molecule has 0 bridgehead atoms. The molecule has 4 aromatic rings. The van der Waals surface area contributed by atoms with Crippen molar-refractivity contribution in [2.24, 2.45) is 12.8 Å². The second-order valence-electron chi connectivity index (χ2n) is 7.32. The van der Waals surface area contributed by atoms with Crippen LogP contribution in [-0.2, 0) is 20.0 Å². The molecule has 0 fully saturated rings. The molecule has 1 aromatic carbocycles. The van der Waals surface area contributed by atoms with E-state index in [2.05, 4.69) is 26.4 Å². The van der Waals surface area contributed by atoms with Crippen LogP contribution in [0.2, 0.25) is 0 Å². The van der Waals surface area contributed by atoms with Crippen molar-refractivity contribution in [3.8, 4) is 17.0 Å². The minimum Gasteiger partial charge on any atom is -0.493 e. The highest BCUT2D eigenvalue weighted by molar-refractivity contribution is 5.92. The zero-order chi connectivity index (χ0) is 20.8. The molecular weight excluding hydrogens is 382 g/mol. The quantitative estimate of drug-likeness (QED) is 0.528. The number of hydrogen-bond acceptors (Lipinski definition) is 6. The van der Waals surface area contributed by atoms with Crippen LogP contribution in [0.4, 0.5) is 5.95 Å². The molecule has 0 spiro atoms. The minimum atomic E-state index is -0.588. The van der Waals surface area contributed by atoms with Gasteiger partial charge in [-0.05, 0) is 24.6 Å². The fourth-order valence-electron chi connectivity index (χ4n) is 3.90. The van der Waals surface area contributed by atoms with Crippen LogP contribution >= 0.6 is 0 Å². The normalized spacial score (nSPS) is 12.7. The Kier molecular flexibility index (Phi) is 4.16. The molecule has 0 aliphatic carbocycles. The molecule has 9 nitrogen and oxygen atoms in total. The van der Waals surface area contributed by atoms with Gasteiger partial charge in [0.2, 0.25) is 5.95 Å². The lowest BCUT2D eigenvalue weighted by molar-refractivity contribution is 0.0996. The van der Waals surface area contributed by atoms with E-state index in [1.165, 1.54) is 5.56 Å². The number of fused-ring (bicyclic) bond motifs is 2. The van der Waals surface area contributed by atoms with Crippen molar-refractivity contribution >= 4 is 17.5 Å². The highest BCUT2D eigenvalue weighted by Crippen LogP contribution is 2.29. The summed E-state index contributed by atoms with van der Waals surface area (Å²) in [6, 6.07) is 8.01. The number of aryl methyl sites for hydroxylation is 2. The fourth-order valence-corrected chi connectivity index (χ4v) is 3.90. The fraction of sp³-hybridized carbons (Fsp3) is 0.238. The Bertz CT molecular complexity index is 1290. The van der Waals surface area contributed by atoms with Gasteiger partial charge in [-0.3, -0.25) is 13.9 Å². The Morgan fingerprint density at radius 3 is 3.00 bits per heavy atom. The van der Waals surface area contributed by atoms with Crippen LogP contribution in [0.1, 0.15) is 27.3 Å². The van der Waals surface area contributed by atoms with Crippen molar-refractivity contribution < 1.29 is 9.53 Å². The van der Waals surface area contributed by atoms with Gasteiger partial charge in [0.1, 0.15) is 11.4 Å². The van der Waals surface area contributed by atoms with Gasteiger partial charge in [-0.25, -0.2) is 9.97 Å². The standard InChI is InChI=1S/C21H21N7O2/c1-12-8-17(27(2)26-12)15-10-24-21(28-11-16(19(22)29)25-20(15)28)23-9-13-4-3-5-18-14(13)6-7-30-18/h3-5,8,10-11H,6-7,9H2,1-2H3,(H2,22,29)(H,23,24). The van der Waals surface area contributed by atoms with E-state index in [9.17, 15) is 4.79 Å². The van der Waals surface area contributed by atoms with Crippen molar-refractivity contribution in [3.05, 3.63) is 59.2 Å². The highest BCUT2D eigenvalue weighted by atomic mass is 16.5. The molecule has 1 aliphatic rings. The first-order valence-electron chi connectivity index (χ1n) is 9.67. The van der Waals surface area contributed by atoms with E-state index in [0.717, 1.165) is 34.7 Å². The van der Waals surface area contributed by atoms with Gasteiger partial charge < -0.3 is 15.8 Å². The maximum absolute atomic E-state index is 11.8. The molecule has 4 heterocycles. The molecule has 152 valence electrons. The van der Waals surface area contributed by atoms with E-state index in [1.807, 2.05) is 32.2 Å². The van der Waals surface area contributed by atoms with Gasteiger partial charge in [-0.15, -0.1) is 0 Å². The summed E-state index contributed by atoms with van der Waals surface area (Å²) in [4.78, 5) is 20.8. The van der Waals surface area contributed by atoms with Crippen LogP contribution in [0.5, 0.6) is 5.75 Å². The summed E-state index contributed by atoms with van der Waals surface area (Å²) in [6.45, 7) is 3.20. The molecular formula is C21H21N7O2. The number of nitrogens with zero attached hydrogens (tertiary/aromatic N) is 5. The summed E-state index contributed by atoms with van der Waals surface area (Å²) < 4.78 is 9.18. The third kappa shape index (κ3) is 2.95. The van der Waals surface area contributed by atoms with Crippen LogP contribution in [0.3, 0.4) is 0 Å². The molecule has 30 heavy (non-hydrogen) atoms. The summed E-state index contributed by atoms with van der Waals surface area (Å²) in [7, 11) is 1.86. The van der Waals surface area contributed by atoms with Gasteiger partial charge in [0, 0.05) is 38.0 Å². The van der Waals surface area contributed by atoms with E-state index >= 15 is 0 Å². The zero-order valence-electron chi connectivity index (χ0n) is 16.7. The second-order valence-corrected chi connectivity index (χ2v) is 7.32. The maximum atomic E-state index is 11.8. The first-order chi connectivity index (χ1) is 14.5. The lowest BCUT2D eigenvalue weighted by atomic mass is 10.1. The molecule has 5 rings (SSSR count). The topological polar surface area (TPSA) is 112 Å². The third-order valence-electron chi connectivity index (χ3n) is 5.30. The number of nitrogens with one attached hydrogen (secondary N) is 1. The smallest absolute Gasteiger partial charge is 0.268 e. The Morgan fingerprint density at radius 1 is 1.37 bits per heavy atom. The number of primary amides is 1. The largest absolute Gasteiger partial charge is 0.493 e. The number of anilines is 1. The van der Waals surface area contributed by atoms with Crippen LogP contribution < -0.4 is 15.8 Å². The van der Waals surface area contributed by atoms with Crippen LogP contribution in [0, 0.1) is 6.92 Å². The number of amides is 1. The summed E-state index contributed by atoms with van der Waals surface area (Å²) in [5.74, 6) is 0.923. The molecule has 9 heteroatoms. The SMILES string of the molecule is Cc1cc(-c2cnc(NCc3cccc4c3CCO4)n3cc(C(N)=O)nc23)n(C)n1. The Labute approximate surface area is 172 Å². The average Bonchev–Trinajstić information content (AvgIpc) is 3.44. The number of carbonyl (C=O) groups is 1. The van der Waals surface area contributed by atoms with Gasteiger partial charge in [0.25, 0.3) is 5.91 Å². The Morgan fingerprint density at radius 2 is 2.23 bits per heavy atom. The van der Waals surface area contributed by atoms with Crippen molar-refractivity contribution in [2.75, 3.05) is 11.9 Å². The number of imidazole rings is 1. The van der Waals surface area contributed by atoms with Crippen LogP contribution in [0.15, 0.2) is 36.7 Å². The summed E-state index contributed by atoms with van der Waals surface area (Å²) in [5.41, 5.74) is 11.1. The predicted octanol–water partition coefficient (Wildman–Crippen LogP) is 2.08. The zero-order valence-corrected chi connectivity index (χ0v) is 16.7. The lowest BCUT2D eigenvalue weighted by Gasteiger charge is -2.12. The molecule has 3 aromatic heterocycles. The first-order valence-corrected chi connectivity index (χ1v) is 9.67. The van der Waals surface area contributed by atoms with Crippen molar-refractivity contribution in [3.63, 3.8) is 0 Å². The average molecular weight is 403 g/mol. The number of hydrogen-bond donors (Lipinski definition) is 2. The number of ether oxygens (including phenoxy) is 1. The summed E-state index contributed by atoms with van der Waals surface area (Å²) in [5, 5.41) is 7.77. The number of benzene rings is 1. The number of nitrogens with two attached hydrogens (primary N) is 1. The van der Waals surface area contributed by atoms with E-state index < -0.39 is 5.91 Å². The van der Waals surface area contributed by atoms with Crippen molar-refractivity contribution in [1.29, 1.82) is 0 Å². The number of rotatable bonds is 5. The maximum Gasteiger partial charge on any atom is 0.268 e. The van der Waals surface area contributed by atoms with E-state index in [4.69, 9.17) is 10.5 Å². The van der Waals surface area contributed by atoms with Crippen molar-refractivity contribution in [1.82, 2.24) is 24.1 Å². The van der Waals surface area contributed by atoms with E-state index in [-0.39, 0.29) is 5.69 Å². The van der Waals surface area contributed by atoms with Crippen LogP contribution in [0.25, 0.3) is 16.9 Å². The minimum absolute atomic E-state index is 0.181. The number of carbonyl (C=O) groups excluding carboxylic acids is 1. The molecule has 3 N–H and O–H groups in total. The van der Waals surface area contributed by atoms with Gasteiger partial charge in [0.05, 0.1) is 23.6 Å². The lowest BCUT2D eigenvalue weighted by Crippen LogP contribution is -2.11. The molecule has 1 amide bonds. The Balaban J connectivity index is 1.56. The van der Waals surface area contributed by atoms with Crippen molar-refractivity contribution in [2.45, 2.75) is 19.9 Å². The molecule has 0 saturated heterocycles. The van der Waals surface area contributed by atoms with Gasteiger partial charge in [-0.1, -0.05) is 12.1 Å². The van der Waals surface area contributed by atoms with Gasteiger partial charge in [-0.2, -0.15) is 5.10 Å². The highest BCUT2D eigenvalue weighted by Gasteiger charge is 2.19. The predicted molar refractivity (Wildman–Crippen MR) is 111 cm³/mol. The Hall–Kier alpha value is -3.88. The molecule has 0 saturated carbocycles.